The molecule has 7 heteroatoms. The fourth-order valence-electron chi connectivity index (χ4n) is 1.45. The third-order valence-electron chi connectivity index (χ3n) is 3.04. The second-order valence-corrected chi connectivity index (χ2v) is 5.08. The first kappa shape index (κ1) is 17.9. The Balaban J connectivity index is 2.46. The molecular formula is C15H19F2NO4. The maximum atomic E-state index is 12.0. The summed E-state index contributed by atoms with van der Waals surface area (Å²) in [4.78, 5) is 23.3. The molecule has 0 aliphatic rings. The Kier molecular flexibility index (Phi) is 6.75. The van der Waals surface area contributed by atoms with E-state index in [0.29, 0.717) is 0 Å². The van der Waals surface area contributed by atoms with Gasteiger partial charge in [-0.2, -0.15) is 8.78 Å². The normalized spacial score (nSPS) is 12.1. The van der Waals surface area contributed by atoms with Crippen molar-refractivity contribution in [3.8, 4) is 5.75 Å². The number of carbonyl (C=O) groups excluding carboxylic acids is 2. The van der Waals surface area contributed by atoms with Gasteiger partial charge in [0.05, 0.1) is 5.56 Å². The van der Waals surface area contributed by atoms with Crippen LogP contribution in [0, 0.1) is 5.92 Å². The highest BCUT2D eigenvalue weighted by molar-refractivity contribution is 5.91. The van der Waals surface area contributed by atoms with Crippen molar-refractivity contribution in [3.63, 3.8) is 0 Å². The molecule has 0 unspecified atom stereocenters. The van der Waals surface area contributed by atoms with Crippen molar-refractivity contribution in [2.45, 2.75) is 33.4 Å². The average Bonchev–Trinajstić information content (AvgIpc) is 2.44. The van der Waals surface area contributed by atoms with Crippen LogP contribution >= 0.6 is 0 Å². The molecule has 0 aliphatic heterocycles. The molecule has 0 heterocycles. The Hall–Kier alpha value is -2.18. The average molecular weight is 315 g/mol. The predicted octanol–water partition coefficient (Wildman–Crippen LogP) is 2.61. The van der Waals surface area contributed by atoms with Gasteiger partial charge in [-0.1, -0.05) is 13.8 Å². The number of amides is 1. The van der Waals surface area contributed by atoms with Gasteiger partial charge in [-0.15, -0.1) is 0 Å². The number of hydrogen-bond donors (Lipinski definition) is 1. The molecule has 5 nitrogen and oxygen atoms in total. The molecule has 0 saturated carbocycles. The van der Waals surface area contributed by atoms with Gasteiger partial charge in [0.2, 0.25) is 0 Å². The molecule has 1 rings (SSSR count). The molecule has 0 aliphatic carbocycles. The third-order valence-corrected chi connectivity index (χ3v) is 3.04. The van der Waals surface area contributed by atoms with Gasteiger partial charge in [0.25, 0.3) is 5.91 Å². The van der Waals surface area contributed by atoms with Crippen molar-refractivity contribution in [1.82, 2.24) is 5.32 Å². The fraction of sp³-hybridized carbons (Fsp3) is 0.467. The van der Waals surface area contributed by atoms with E-state index in [-0.39, 0.29) is 23.3 Å². The summed E-state index contributed by atoms with van der Waals surface area (Å²) in [5.74, 6) is -0.903. The van der Waals surface area contributed by atoms with Crippen LogP contribution < -0.4 is 10.1 Å². The van der Waals surface area contributed by atoms with Crippen LogP contribution in [0.1, 0.15) is 31.1 Å². The number of halogens is 2. The summed E-state index contributed by atoms with van der Waals surface area (Å²) in [6.45, 7) is 2.45. The van der Waals surface area contributed by atoms with Gasteiger partial charge in [-0.25, -0.2) is 4.79 Å². The molecule has 1 atom stereocenters. The molecule has 0 aromatic heterocycles. The van der Waals surface area contributed by atoms with E-state index in [4.69, 9.17) is 4.74 Å². The number of ether oxygens (including phenoxy) is 2. The SMILES string of the molecule is CC(C)[C@@H](C)NC(=O)COC(=O)c1ccc(OC(F)F)cc1. The Morgan fingerprint density at radius 1 is 1.14 bits per heavy atom. The molecule has 1 N–H and O–H groups in total. The quantitative estimate of drug-likeness (QED) is 0.786. The van der Waals surface area contributed by atoms with E-state index in [0.717, 1.165) is 0 Å². The van der Waals surface area contributed by atoms with Crippen LogP contribution in [0.4, 0.5) is 8.78 Å². The Morgan fingerprint density at radius 2 is 1.73 bits per heavy atom. The first-order chi connectivity index (χ1) is 10.3. The van der Waals surface area contributed by atoms with E-state index in [2.05, 4.69) is 10.1 Å². The molecule has 0 saturated heterocycles. The van der Waals surface area contributed by atoms with E-state index in [1.54, 1.807) is 0 Å². The van der Waals surface area contributed by atoms with Gasteiger partial charge < -0.3 is 14.8 Å². The van der Waals surface area contributed by atoms with Gasteiger partial charge in [-0.05, 0) is 37.1 Å². The lowest BCUT2D eigenvalue weighted by Crippen LogP contribution is -2.38. The Labute approximate surface area is 127 Å². The predicted molar refractivity (Wildman–Crippen MR) is 75.8 cm³/mol. The number of alkyl halides is 2. The van der Waals surface area contributed by atoms with E-state index in [9.17, 15) is 18.4 Å². The smallest absolute Gasteiger partial charge is 0.387 e. The maximum Gasteiger partial charge on any atom is 0.387 e. The topological polar surface area (TPSA) is 64.6 Å². The van der Waals surface area contributed by atoms with Crippen LogP contribution in [-0.2, 0) is 9.53 Å². The minimum Gasteiger partial charge on any atom is -0.452 e. The summed E-state index contributed by atoms with van der Waals surface area (Å²) in [5.41, 5.74) is 0.145. The van der Waals surface area contributed by atoms with Crippen LogP contribution in [0.25, 0.3) is 0 Å². The van der Waals surface area contributed by atoms with Crippen LogP contribution in [0.5, 0.6) is 5.75 Å². The zero-order valence-corrected chi connectivity index (χ0v) is 12.6. The number of rotatable bonds is 7. The molecule has 0 radical (unpaired) electrons. The van der Waals surface area contributed by atoms with E-state index >= 15 is 0 Å². The molecule has 1 aromatic carbocycles. The zero-order chi connectivity index (χ0) is 16.7. The first-order valence-electron chi connectivity index (χ1n) is 6.81. The number of esters is 1. The zero-order valence-electron chi connectivity index (χ0n) is 12.6. The van der Waals surface area contributed by atoms with E-state index in [1.807, 2.05) is 20.8 Å². The fourth-order valence-corrected chi connectivity index (χ4v) is 1.45. The second-order valence-electron chi connectivity index (χ2n) is 5.08. The summed E-state index contributed by atoms with van der Waals surface area (Å²) < 4.78 is 33.0. The van der Waals surface area contributed by atoms with E-state index < -0.39 is 25.1 Å². The van der Waals surface area contributed by atoms with Crippen molar-refractivity contribution in [2.75, 3.05) is 6.61 Å². The lowest BCUT2D eigenvalue weighted by Gasteiger charge is -2.17. The highest BCUT2D eigenvalue weighted by Gasteiger charge is 2.14. The van der Waals surface area contributed by atoms with Crippen molar-refractivity contribution >= 4 is 11.9 Å². The summed E-state index contributed by atoms with van der Waals surface area (Å²) in [6.07, 6.45) is 0. The van der Waals surface area contributed by atoms with Crippen LogP contribution in [-0.4, -0.2) is 31.1 Å². The summed E-state index contributed by atoms with van der Waals surface area (Å²) in [6, 6.07) is 4.99. The van der Waals surface area contributed by atoms with Gasteiger partial charge >= 0.3 is 12.6 Å². The lowest BCUT2D eigenvalue weighted by atomic mass is 10.1. The molecular weight excluding hydrogens is 296 g/mol. The highest BCUT2D eigenvalue weighted by Crippen LogP contribution is 2.15. The number of carbonyl (C=O) groups is 2. The van der Waals surface area contributed by atoms with E-state index in [1.165, 1.54) is 24.3 Å². The maximum absolute atomic E-state index is 12.0. The highest BCUT2D eigenvalue weighted by atomic mass is 19.3. The number of benzene rings is 1. The standard InChI is InChI=1S/C15H19F2NO4/c1-9(2)10(3)18-13(19)8-21-14(20)11-4-6-12(7-5-11)22-15(16)17/h4-7,9-10,15H,8H2,1-3H3,(H,18,19)/t10-/m1/s1. The molecule has 1 aromatic rings. The van der Waals surface area contributed by atoms with Crippen LogP contribution in [0.15, 0.2) is 24.3 Å². The van der Waals surface area contributed by atoms with Crippen molar-refractivity contribution < 1.29 is 27.8 Å². The summed E-state index contributed by atoms with van der Waals surface area (Å²) in [7, 11) is 0. The molecule has 0 bridgehead atoms. The van der Waals surface area contributed by atoms with Crippen LogP contribution in [0.3, 0.4) is 0 Å². The van der Waals surface area contributed by atoms with Gasteiger partial charge in [-0.3, -0.25) is 4.79 Å². The van der Waals surface area contributed by atoms with Crippen LogP contribution in [0.2, 0.25) is 0 Å². The third kappa shape index (κ3) is 6.07. The molecule has 1 amide bonds. The number of nitrogens with one attached hydrogen (secondary N) is 1. The van der Waals surface area contributed by atoms with Crippen molar-refractivity contribution in [1.29, 1.82) is 0 Å². The summed E-state index contributed by atoms with van der Waals surface area (Å²) >= 11 is 0. The van der Waals surface area contributed by atoms with Crippen molar-refractivity contribution in [3.05, 3.63) is 29.8 Å². The monoisotopic (exact) mass is 315 g/mol. The summed E-state index contributed by atoms with van der Waals surface area (Å²) in [5, 5.41) is 2.70. The number of hydrogen-bond acceptors (Lipinski definition) is 4. The Morgan fingerprint density at radius 3 is 2.23 bits per heavy atom. The lowest BCUT2D eigenvalue weighted by molar-refractivity contribution is -0.125. The largest absolute Gasteiger partial charge is 0.452 e. The molecule has 0 spiro atoms. The van der Waals surface area contributed by atoms with Gasteiger partial charge in [0.15, 0.2) is 6.61 Å². The van der Waals surface area contributed by atoms with Gasteiger partial charge in [0.1, 0.15) is 5.75 Å². The molecule has 22 heavy (non-hydrogen) atoms. The first-order valence-corrected chi connectivity index (χ1v) is 6.81. The second kappa shape index (κ2) is 8.31. The van der Waals surface area contributed by atoms with Crippen molar-refractivity contribution in [2.24, 2.45) is 5.92 Å². The minimum absolute atomic E-state index is 0.0306. The Bertz CT molecular complexity index is 503. The van der Waals surface area contributed by atoms with Gasteiger partial charge in [0, 0.05) is 6.04 Å². The molecule has 0 fully saturated rings. The minimum atomic E-state index is -2.93. The molecule has 122 valence electrons.